The molecule has 3 aromatic rings. The highest BCUT2D eigenvalue weighted by Crippen LogP contribution is 2.32. The fourth-order valence-corrected chi connectivity index (χ4v) is 2.70. The summed E-state index contributed by atoms with van der Waals surface area (Å²) in [6.07, 6.45) is 6.32. The Labute approximate surface area is 128 Å². The molecule has 0 spiro atoms. The molecular weight excluding hydrogens is 274 g/mol. The molecule has 3 heterocycles. The summed E-state index contributed by atoms with van der Waals surface area (Å²) in [7, 11) is 0. The van der Waals surface area contributed by atoms with E-state index in [1.54, 1.807) is 12.5 Å². The zero-order valence-electron chi connectivity index (χ0n) is 12.2. The summed E-state index contributed by atoms with van der Waals surface area (Å²) in [4.78, 5) is 13.5. The van der Waals surface area contributed by atoms with Crippen molar-refractivity contribution in [1.82, 2.24) is 14.5 Å². The van der Waals surface area contributed by atoms with Crippen LogP contribution in [0.3, 0.4) is 0 Å². The monoisotopic (exact) mass is 289 g/mol. The zero-order valence-corrected chi connectivity index (χ0v) is 12.2. The molecule has 0 fully saturated rings. The van der Waals surface area contributed by atoms with Crippen LogP contribution in [-0.4, -0.2) is 20.2 Å². The summed E-state index contributed by atoms with van der Waals surface area (Å²) < 4.78 is 1.95. The lowest BCUT2D eigenvalue weighted by Crippen LogP contribution is -2.04. The molecule has 0 radical (unpaired) electrons. The highest BCUT2D eigenvalue weighted by atomic mass is 15.1. The number of anilines is 1. The molecule has 0 atom stereocenters. The van der Waals surface area contributed by atoms with E-state index >= 15 is 0 Å². The molecule has 1 aliphatic rings. The third-order valence-corrected chi connectivity index (χ3v) is 3.81. The number of pyridine rings is 1. The maximum absolute atomic E-state index is 5.75. The molecule has 0 aliphatic carbocycles. The van der Waals surface area contributed by atoms with Gasteiger partial charge in [0.1, 0.15) is 12.1 Å². The third-order valence-electron chi connectivity index (χ3n) is 3.81. The van der Waals surface area contributed by atoms with Crippen molar-refractivity contribution in [2.24, 2.45) is 4.99 Å². The SMILES string of the molecule is Cc1cn(-c2nccc3c2CC(c2ccc(N)cc2)=N3)cn1. The summed E-state index contributed by atoms with van der Waals surface area (Å²) in [5.41, 5.74) is 11.7. The smallest absolute Gasteiger partial charge is 0.143 e. The van der Waals surface area contributed by atoms with Crippen molar-refractivity contribution < 1.29 is 0 Å². The van der Waals surface area contributed by atoms with Gasteiger partial charge in [-0.3, -0.25) is 9.56 Å². The molecule has 0 amide bonds. The third kappa shape index (κ3) is 2.07. The minimum absolute atomic E-state index is 0.760. The van der Waals surface area contributed by atoms with Crippen LogP contribution in [0.4, 0.5) is 11.4 Å². The van der Waals surface area contributed by atoms with Crippen LogP contribution in [0.25, 0.3) is 5.82 Å². The van der Waals surface area contributed by atoms with E-state index in [1.807, 2.05) is 48.0 Å². The molecule has 1 aromatic carbocycles. The van der Waals surface area contributed by atoms with Crippen LogP contribution in [0.1, 0.15) is 16.8 Å². The molecule has 4 rings (SSSR count). The predicted octanol–water partition coefficient (Wildman–Crippen LogP) is 2.83. The van der Waals surface area contributed by atoms with Gasteiger partial charge in [0.15, 0.2) is 0 Å². The number of aryl methyl sites for hydroxylation is 1. The van der Waals surface area contributed by atoms with Crippen LogP contribution in [0.5, 0.6) is 0 Å². The van der Waals surface area contributed by atoms with E-state index in [0.29, 0.717) is 0 Å². The highest BCUT2D eigenvalue weighted by Gasteiger charge is 2.21. The normalized spacial score (nSPS) is 13.0. The van der Waals surface area contributed by atoms with E-state index in [4.69, 9.17) is 10.7 Å². The summed E-state index contributed by atoms with van der Waals surface area (Å²) in [6.45, 7) is 1.97. The van der Waals surface area contributed by atoms with Crippen LogP contribution in [0.2, 0.25) is 0 Å². The Morgan fingerprint density at radius 3 is 2.64 bits per heavy atom. The van der Waals surface area contributed by atoms with Crippen molar-refractivity contribution >= 4 is 17.1 Å². The average Bonchev–Trinajstić information content (AvgIpc) is 3.13. The molecule has 1 aliphatic heterocycles. The number of benzene rings is 1. The average molecular weight is 289 g/mol. The lowest BCUT2D eigenvalue weighted by atomic mass is 10.0. The topological polar surface area (TPSA) is 69.1 Å². The summed E-state index contributed by atoms with van der Waals surface area (Å²) in [6, 6.07) is 9.77. The molecule has 0 saturated heterocycles. The molecule has 2 aromatic heterocycles. The Morgan fingerprint density at radius 2 is 1.91 bits per heavy atom. The number of fused-ring (bicyclic) bond motifs is 1. The first-order valence-corrected chi connectivity index (χ1v) is 7.13. The molecule has 2 N–H and O–H groups in total. The first-order valence-electron chi connectivity index (χ1n) is 7.13. The number of aromatic nitrogens is 3. The lowest BCUT2D eigenvalue weighted by molar-refractivity contribution is 0.972. The summed E-state index contributed by atoms with van der Waals surface area (Å²) in [5.74, 6) is 0.896. The standard InChI is InChI=1S/C17H15N5/c1-11-9-22(10-20-11)17-14-8-16(21-15(14)6-7-19-17)12-2-4-13(18)5-3-12/h2-7,9-10H,8,18H2,1H3. The predicted molar refractivity (Wildman–Crippen MR) is 86.9 cm³/mol. The quantitative estimate of drug-likeness (QED) is 0.737. The maximum Gasteiger partial charge on any atom is 0.143 e. The van der Waals surface area contributed by atoms with Gasteiger partial charge in [0, 0.05) is 30.1 Å². The van der Waals surface area contributed by atoms with Crippen molar-refractivity contribution in [3.8, 4) is 5.82 Å². The number of imidazole rings is 1. The number of nitrogen functional groups attached to an aromatic ring is 1. The van der Waals surface area contributed by atoms with Gasteiger partial charge in [0.05, 0.1) is 17.1 Å². The Hall–Kier alpha value is -2.95. The second-order valence-electron chi connectivity index (χ2n) is 5.41. The van der Waals surface area contributed by atoms with E-state index in [-0.39, 0.29) is 0 Å². The van der Waals surface area contributed by atoms with Crippen LogP contribution in [0.15, 0.2) is 54.0 Å². The largest absolute Gasteiger partial charge is 0.399 e. The molecule has 0 saturated carbocycles. The number of rotatable bonds is 2. The van der Waals surface area contributed by atoms with Gasteiger partial charge in [-0.25, -0.2) is 9.97 Å². The Balaban J connectivity index is 1.74. The fraction of sp³-hybridized carbons (Fsp3) is 0.118. The fourth-order valence-electron chi connectivity index (χ4n) is 2.70. The molecule has 22 heavy (non-hydrogen) atoms. The van der Waals surface area contributed by atoms with Gasteiger partial charge in [-0.05, 0) is 30.7 Å². The second kappa shape index (κ2) is 4.80. The number of nitrogens with two attached hydrogens (primary N) is 1. The van der Waals surface area contributed by atoms with Gasteiger partial charge >= 0.3 is 0 Å². The lowest BCUT2D eigenvalue weighted by Gasteiger charge is -2.06. The van der Waals surface area contributed by atoms with Crippen molar-refractivity contribution in [2.75, 3.05) is 5.73 Å². The van der Waals surface area contributed by atoms with Crippen molar-refractivity contribution in [2.45, 2.75) is 13.3 Å². The van der Waals surface area contributed by atoms with Crippen molar-refractivity contribution in [3.05, 3.63) is 65.9 Å². The van der Waals surface area contributed by atoms with E-state index in [2.05, 4.69) is 9.97 Å². The molecule has 5 nitrogen and oxygen atoms in total. The molecule has 108 valence electrons. The van der Waals surface area contributed by atoms with Crippen LogP contribution in [0, 0.1) is 6.92 Å². The summed E-state index contributed by atoms with van der Waals surface area (Å²) >= 11 is 0. The van der Waals surface area contributed by atoms with Gasteiger partial charge in [-0.1, -0.05) is 12.1 Å². The number of hydrogen-bond donors (Lipinski definition) is 1. The Kier molecular flexibility index (Phi) is 2.79. The van der Waals surface area contributed by atoms with Gasteiger partial charge in [0.25, 0.3) is 0 Å². The number of hydrogen-bond acceptors (Lipinski definition) is 4. The first-order chi connectivity index (χ1) is 10.7. The van der Waals surface area contributed by atoms with E-state index in [0.717, 1.165) is 46.1 Å². The van der Waals surface area contributed by atoms with E-state index in [9.17, 15) is 0 Å². The molecule has 5 heteroatoms. The first kappa shape index (κ1) is 12.8. The van der Waals surface area contributed by atoms with E-state index in [1.165, 1.54) is 0 Å². The zero-order chi connectivity index (χ0) is 15.1. The van der Waals surface area contributed by atoms with Gasteiger partial charge in [-0.2, -0.15) is 0 Å². The molecule has 0 bridgehead atoms. The van der Waals surface area contributed by atoms with Crippen LogP contribution in [-0.2, 0) is 6.42 Å². The van der Waals surface area contributed by atoms with Gasteiger partial charge in [0.2, 0.25) is 0 Å². The van der Waals surface area contributed by atoms with Gasteiger partial charge in [-0.15, -0.1) is 0 Å². The second-order valence-corrected chi connectivity index (χ2v) is 5.41. The number of aliphatic imine (C=N–C) groups is 1. The van der Waals surface area contributed by atoms with Crippen molar-refractivity contribution in [3.63, 3.8) is 0 Å². The minimum atomic E-state index is 0.760. The number of nitrogens with zero attached hydrogens (tertiary/aromatic N) is 4. The van der Waals surface area contributed by atoms with Crippen LogP contribution >= 0.6 is 0 Å². The van der Waals surface area contributed by atoms with Crippen molar-refractivity contribution in [1.29, 1.82) is 0 Å². The van der Waals surface area contributed by atoms with Crippen LogP contribution < -0.4 is 5.73 Å². The Bertz CT molecular complexity index is 874. The van der Waals surface area contributed by atoms with Gasteiger partial charge < -0.3 is 5.73 Å². The Morgan fingerprint density at radius 1 is 1.09 bits per heavy atom. The maximum atomic E-state index is 5.75. The van der Waals surface area contributed by atoms with E-state index < -0.39 is 0 Å². The molecule has 0 unspecified atom stereocenters. The highest BCUT2D eigenvalue weighted by molar-refractivity contribution is 6.07. The molecular formula is C17H15N5. The minimum Gasteiger partial charge on any atom is -0.399 e. The summed E-state index contributed by atoms with van der Waals surface area (Å²) in [5, 5.41) is 0.